The van der Waals surface area contributed by atoms with Gasteiger partial charge in [-0.15, -0.1) is 0 Å². The zero-order valence-corrected chi connectivity index (χ0v) is 19.2. The van der Waals surface area contributed by atoms with Crippen molar-refractivity contribution in [1.29, 1.82) is 0 Å². The smallest absolute Gasteiger partial charge is 0.356 e. The number of rotatable bonds is 7. The fourth-order valence-electron chi connectivity index (χ4n) is 3.86. The minimum Gasteiger partial charge on any atom is -0.488 e. The van der Waals surface area contributed by atoms with Crippen molar-refractivity contribution in [2.24, 2.45) is 0 Å². The average Bonchev–Trinajstić information content (AvgIpc) is 3.30. The first kappa shape index (κ1) is 22.4. The molecule has 0 saturated carbocycles. The number of nitrogens with zero attached hydrogens (tertiary/aromatic N) is 1. The summed E-state index contributed by atoms with van der Waals surface area (Å²) in [6, 6.07) is 19.0. The molecule has 0 atom stereocenters. The van der Waals surface area contributed by atoms with E-state index in [1.165, 1.54) is 0 Å². The van der Waals surface area contributed by atoms with E-state index in [9.17, 15) is 4.79 Å². The molecule has 0 spiro atoms. The monoisotopic (exact) mass is 467 g/mol. The molecule has 0 amide bonds. The number of hydrogen-bond acceptors (Lipinski definition) is 4. The predicted octanol–water partition coefficient (Wildman–Crippen LogP) is 7.24. The second-order valence-corrected chi connectivity index (χ2v) is 8.29. The number of pyridine rings is 1. The number of esters is 1. The van der Waals surface area contributed by atoms with Gasteiger partial charge in [-0.2, -0.15) is 0 Å². The van der Waals surface area contributed by atoms with E-state index in [0.717, 1.165) is 47.2 Å². The molecule has 0 aliphatic heterocycles. The molecule has 0 N–H and O–H groups in total. The minimum atomic E-state index is -0.420. The van der Waals surface area contributed by atoms with Gasteiger partial charge in [0.25, 0.3) is 0 Å². The van der Waals surface area contributed by atoms with Gasteiger partial charge in [0.05, 0.1) is 22.3 Å². The van der Waals surface area contributed by atoms with E-state index in [-0.39, 0.29) is 0 Å². The molecule has 1 heterocycles. The van der Waals surface area contributed by atoms with Gasteiger partial charge < -0.3 is 9.47 Å². The summed E-state index contributed by atoms with van der Waals surface area (Å²) in [4.78, 5) is 16.7. The summed E-state index contributed by atoms with van der Waals surface area (Å²) in [5.74, 6) is 0.259. The lowest BCUT2D eigenvalue weighted by molar-refractivity contribution is 0.0519. The van der Waals surface area contributed by atoms with Crippen LogP contribution in [0.15, 0.2) is 60.7 Å². The molecule has 32 heavy (non-hydrogen) atoms. The van der Waals surface area contributed by atoms with Crippen LogP contribution in [0.4, 0.5) is 0 Å². The molecule has 164 valence electrons. The van der Waals surface area contributed by atoms with Crippen molar-refractivity contribution in [3.8, 4) is 5.75 Å². The highest BCUT2D eigenvalue weighted by atomic mass is 35.5. The van der Waals surface area contributed by atoms with E-state index in [0.29, 0.717) is 34.7 Å². The second kappa shape index (κ2) is 10.2. The molecule has 0 fully saturated rings. The molecule has 0 bridgehead atoms. The van der Waals surface area contributed by atoms with Crippen LogP contribution in [0.1, 0.15) is 53.5 Å². The molecule has 4 rings (SSSR count). The van der Waals surface area contributed by atoms with Crippen molar-refractivity contribution in [2.75, 3.05) is 6.61 Å². The number of carbonyl (C=O) groups is 1. The third-order valence-corrected chi connectivity index (χ3v) is 6.07. The first-order valence-electron chi connectivity index (χ1n) is 10.6. The molecule has 0 unspecified atom stereocenters. The van der Waals surface area contributed by atoms with Crippen LogP contribution in [0.25, 0.3) is 11.1 Å². The van der Waals surface area contributed by atoms with Gasteiger partial charge in [-0.05, 0) is 61.1 Å². The van der Waals surface area contributed by atoms with Crippen molar-refractivity contribution in [2.45, 2.75) is 32.8 Å². The maximum atomic E-state index is 12.2. The predicted molar refractivity (Wildman–Crippen MR) is 128 cm³/mol. The molecular weight excluding hydrogens is 445 g/mol. The average molecular weight is 468 g/mol. The van der Waals surface area contributed by atoms with Crippen LogP contribution >= 0.6 is 23.2 Å². The summed E-state index contributed by atoms with van der Waals surface area (Å²) in [6.07, 6.45) is 2.70. The van der Waals surface area contributed by atoms with Crippen LogP contribution in [0.3, 0.4) is 0 Å². The van der Waals surface area contributed by atoms with Crippen LogP contribution in [0, 0.1) is 0 Å². The minimum absolute atomic E-state index is 0.304. The van der Waals surface area contributed by atoms with E-state index in [2.05, 4.69) is 4.98 Å². The summed E-state index contributed by atoms with van der Waals surface area (Å²) < 4.78 is 11.3. The largest absolute Gasteiger partial charge is 0.488 e. The Bertz CT molecular complexity index is 1160. The molecule has 1 aliphatic carbocycles. The first-order valence-corrected chi connectivity index (χ1v) is 11.3. The number of ether oxygens (including phenoxy) is 2. The zero-order chi connectivity index (χ0) is 22.5. The Hall–Kier alpha value is -2.82. The fourth-order valence-corrected chi connectivity index (χ4v) is 4.18. The number of halogens is 2. The van der Waals surface area contributed by atoms with Gasteiger partial charge in [0, 0.05) is 11.6 Å². The van der Waals surface area contributed by atoms with Crippen molar-refractivity contribution < 1.29 is 14.3 Å². The van der Waals surface area contributed by atoms with Crippen LogP contribution in [0.2, 0.25) is 10.0 Å². The Balaban J connectivity index is 1.73. The Morgan fingerprint density at radius 3 is 2.50 bits per heavy atom. The lowest BCUT2D eigenvalue weighted by Gasteiger charge is -2.16. The molecule has 3 aromatic rings. The highest BCUT2D eigenvalue weighted by Gasteiger charge is 2.23. The molecule has 1 aliphatic rings. The second-order valence-electron chi connectivity index (χ2n) is 7.48. The Labute approximate surface area is 197 Å². The zero-order valence-electron chi connectivity index (χ0n) is 17.7. The lowest BCUT2D eigenvalue weighted by Crippen LogP contribution is -2.08. The SMILES string of the molecule is CCOC(=O)c1cccc(C2=C(c3cc(Cl)c(Cl)cc3OCc3ccccc3)CCC2)n1. The molecule has 2 aromatic carbocycles. The van der Waals surface area contributed by atoms with Gasteiger partial charge in [-0.1, -0.05) is 59.6 Å². The number of carbonyl (C=O) groups excluding carboxylic acids is 1. The molecule has 6 heteroatoms. The Kier molecular flexibility index (Phi) is 7.13. The Morgan fingerprint density at radius 2 is 1.72 bits per heavy atom. The highest BCUT2D eigenvalue weighted by Crippen LogP contribution is 2.44. The van der Waals surface area contributed by atoms with Gasteiger partial charge in [0.2, 0.25) is 0 Å². The van der Waals surface area contributed by atoms with Crippen LogP contribution in [0.5, 0.6) is 5.75 Å². The fraction of sp³-hybridized carbons (Fsp3) is 0.231. The van der Waals surface area contributed by atoms with E-state index in [4.69, 9.17) is 32.7 Å². The molecule has 4 nitrogen and oxygen atoms in total. The van der Waals surface area contributed by atoms with E-state index >= 15 is 0 Å². The summed E-state index contributed by atoms with van der Waals surface area (Å²) in [6.45, 7) is 2.51. The van der Waals surface area contributed by atoms with Crippen molar-refractivity contribution in [3.63, 3.8) is 0 Å². The Morgan fingerprint density at radius 1 is 0.969 bits per heavy atom. The van der Waals surface area contributed by atoms with Gasteiger partial charge in [0.15, 0.2) is 0 Å². The van der Waals surface area contributed by atoms with E-state index < -0.39 is 5.97 Å². The van der Waals surface area contributed by atoms with Gasteiger partial charge in [-0.3, -0.25) is 0 Å². The molecule has 1 aromatic heterocycles. The van der Waals surface area contributed by atoms with Gasteiger partial charge in [0.1, 0.15) is 18.1 Å². The summed E-state index contributed by atoms with van der Waals surface area (Å²) in [5.41, 5.74) is 5.24. The normalized spacial score (nSPS) is 13.3. The third kappa shape index (κ3) is 4.98. The third-order valence-electron chi connectivity index (χ3n) is 5.35. The summed E-state index contributed by atoms with van der Waals surface area (Å²) >= 11 is 12.7. The van der Waals surface area contributed by atoms with Gasteiger partial charge >= 0.3 is 5.97 Å². The lowest BCUT2D eigenvalue weighted by atomic mass is 9.98. The molecule has 0 saturated heterocycles. The number of benzene rings is 2. The standard InChI is InChI=1S/C26H23Cl2NO3/c1-2-31-26(30)24-13-7-12-23(29-24)19-11-6-10-18(19)20-14-21(27)22(28)15-25(20)32-16-17-8-4-3-5-9-17/h3-5,7-9,12-15H,2,6,10-11,16H2,1H3. The van der Waals surface area contributed by atoms with Crippen LogP contribution < -0.4 is 4.74 Å². The quantitative estimate of drug-likeness (QED) is 0.343. The highest BCUT2D eigenvalue weighted by molar-refractivity contribution is 6.42. The maximum absolute atomic E-state index is 12.2. The van der Waals surface area contributed by atoms with Crippen LogP contribution in [-0.2, 0) is 11.3 Å². The summed E-state index contributed by atoms with van der Waals surface area (Å²) in [7, 11) is 0. The number of aromatic nitrogens is 1. The van der Waals surface area contributed by atoms with Crippen LogP contribution in [-0.4, -0.2) is 17.6 Å². The molecular formula is C26H23Cl2NO3. The van der Waals surface area contributed by atoms with E-state index in [1.54, 1.807) is 19.1 Å². The summed E-state index contributed by atoms with van der Waals surface area (Å²) in [5, 5.41) is 0.918. The topological polar surface area (TPSA) is 48.4 Å². The maximum Gasteiger partial charge on any atom is 0.356 e. The number of allylic oxidation sites excluding steroid dienone is 2. The first-order chi connectivity index (χ1) is 15.6. The number of hydrogen-bond donors (Lipinski definition) is 0. The van der Waals surface area contributed by atoms with Gasteiger partial charge in [-0.25, -0.2) is 9.78 Å². The van der Waals surface area contributed by atoms with Crippen molar-refractivity contribution in [1.82, 2.24) is 4.98 Å². The van der Waals surface area contributed by atoms with Crippen molar-refractivity contribution >= 4 is 40.3 Å². The molecule has 0 radical (unpaired) electrons. The van der Waals surface area contributed by atoms with E-state index in [1.807, 2.05) is 48.5 Å². The van der Waals surface area contributed by atoms with Crippen molar-refractivity contribution in [3.05, 3.63) is 93.2 Å².